The van der Waals surface area contributed by atoms with Crippen LogP contribution in [-0.4, -0.2) is 18.6 Å². The van der Waals surface area contributed by atoms with Crippen LogP contribution in [-0.2, 0) is 17.8 Å². The van der Waals surface area contributed by atoms with Gasteiger partial charge >= 0.3 is 0 Å². The molecule has 0 bridgehead atoms. The molecule has 24 heavy (non-hydrogen) atoms. The summed E-state index contributed by atoms with van der Waals surface area (Å²) in [6.45, 7) is 3.18. The molecule has 126 valence electrons. The molecule has 0 aliphatic carbocycles. The van der Waals surface area contributed by atoms with Crippen molar-refractivity contribution in [3.63, 3.8) is 0 Å². The molecule has 0 aromatic heterocycles. The third kappa shape index (κ3) is 4.15. The van der Waals surface area contributed by atoms with Crippen molar-refractivity contribution in [3.8, 4) is 16.9 Å². The number of carbonyl (C=O) groups excluding carboxylic acids is 1. The lowest BCUT2D eigenvalue weighted by atomic mass is 9.98. The molecule has 0 spiro atoms. The Kier molecular flexibility index (Phi) is 5.16. The maximum Gasteiger partial charge on any atom is 0.221 e. The summed E-state index contributed by atoms with van der Waals surface area (Å²) >= 11 is 0. The van der Waals surface area contributed by atoms with Crippen molar-refractivity contribution in [1.82, 2.24) is 5.32 Å². The highest BCUT2D eigenvalue weighted by Crippen LogP contribution is 2.30. The molecule has 0 saturated carbocycles. The number of fused-ring (bicyclic) bond motifs is 1. The van der Waals surface area contributed by atoms with E-state index in [0.717, 1.165) is 30.8 Å². The number of amides is 1. The van der Waals surface area contributed by atoms with Gasteiger partial charge in [-0.3, -0.25) is 4.79 Å². The Bertz CT molecular complexity index is 708. The molecule has 1 atom stereocenters. The molecule has 1 heterocycles. The van der Waals surface area contributed by atoms with E-state index in [2.05, 4.69) is 47.8 Å². The Morgan fingerprint density at radius 3 is 2.71 bits per heavy atom. The summed E-state index contributed by atoms with van der Waals surface area (Å²) in [5.74, 6) is 1.00. The number of ether oxygens (including phenoxy) is 1. The number of rotatable bonds is 5. The van der Waals surface area contributed by atoms with Crippen LogP contribution in [0.15, 0.2) is 42.5 Å². The number of hydrogen-bond donors (Lipinski definition) is 2. The van der Waals surface area contributed by atoms with Crippen molar-refractivity contribution >= 4 is 5.91 Å². The molecule has 2 aromatic carbocycles. The molecule has 3 rings (SSSR count). The smallest absolute Gasteiger partial charge is 0.221 e. The number of benzene rings is 2. The minimum absolute atomic E-state index is 0.0104. The summed E-state index contributed by atoms with van der Waals surface area (Å²) in [4.78, 5) is 11.6. The average Bonchev–Trinajstić information content (AvgIpc) is 2.59. The van der Waals surface area contributed by atoms with Gasteiger partial charge in [-0.05, 0) is 54.2 Å². The number of aryl methyl sites for hydroxylation is 1. The minimum Gasteiger partial charge on any atom is -0.493 e. The highest BCUT2D eigenvalue weighted by Gasteiger charge is 2.11. The summed E-state index contributed by atoms with van der Waals surface area (Å²) in [6, 6.07) is 14.6. The Balaban J connectivity index is 1.65. The van der Waals surface area contributed by atoms with E-state index in [0.29, 0.717) is 13.0 Å². The van der Waals surface area contributed by atoms with Crippen LogP contribution in [0.1, 0.15) is 30.9 Å². The fraction of sp³-hybridized carbons (Fsp3) is 0.350. The molecule has 2 aromatic rings. The third-order valence-electron chi connectivity index (χ3n) is 4.19. The van der Waals surface area contributed by atoms with Crippen molar-refractivity contribution in [3.05, 3.63) is 53.6 Å². The SMILES string of the molecule is CC(N)CC(=O)NCc1ccc(-c2ccc3c(c2)CCCO3)cc1. The van der Waals surface area contributed by atoms with Crippen molar-refractivity contribution < 1.29 is 9.53 Å². The first-order chi connectivity index (χ1) is 11.6. The van der Waals surface area contributed by atoms with Crippen LogP contribution in [0.3, 0.4) is 0 Å². The fourth-order valence-electron chi connectivity index (χ4n) is 2.92. The zero-order valence-corrected chi connectivity index (χ0v) is 14.0. The van der Waals surface area contributed by atoms with E-state index in [9.17, 15) is 4.79 Å². The van der Waals surface area contributed by atoms with E-state index >= 15 is 0 Å². The van der Waals surface area contributed by atoms with Gasteiger partial charge in [0.15, 0.2) is 0 Å². The molecular weight excluding hydrogens is 300 g/mol. The van der Waals surface area contributed by atoms with Gasteiger partial charge in [0, 0.05) is 19.0 Å². The number of nitrogens with two attached hydrogens (primary N) is 1. The fourth-order valence-corrected chi connectivity index (χ4v) is 2.92. The Hall–Kier alpha value is -2.33. The largest absolute Gasteiger partial charge is 0.493 e. The normalized spacial score (nSPS) is 14.4. The average molecular weight is 324 g/mol. The molecule has 4 heteroatoms. The predicted octanol–water partition coefficient (Wildman–Crippen LogP) is 3.03. The van der Waals surface area contributed by atoms with Gasteiger partial charge in [-0.1, -0.05) is 30.3 Å². The molecule has 1 amide bonds. The van der Waals surface area contributed by atoms with Gasteiger partial charge in [-0.25, -0.2) is 0 Å². The van der Waals surface area contributed by atoms with Gasteiger partial charge in [-0.15, -0.1) is 0 Å². The molecular formula is C20H24N2O2. The molecule has 0 radical (unpaired) electrons. The van der Waals surface area contributed by atoms with Gasteiger partial charge in [0.1, 0.15) is 5.75 Å². The summed E-state index contributed by atoms with van der Waals surface area (Å²) in [5.41, 5.74) is 10.4. The predicted molar refractivity (Wildman–Crippen MR) is 95.8 cm³/mol. The van der Waals surface area contributed by atoms with Crippen molar-refractivity contribution in [2.24, 2.45) is 5.73 Å². The van der Waals surface area contributed by atoms with Crippen LogP contribution < -0.4 is 15.8 Å². The lowest BCUT2D eigenvalue weighted by Crippen LogP contribution is -2.29. The van der Waals surface area contributed by atoms with Crippen LogP contribution >= 0.6 is 0 Å². The van der Waals surface area contributed by atoms with Crippen molar-refractivity contribution in [2.75, 3.05) is 6.61 Å². The molecule has 1 aliphatic heterocycles. The monoisotopic (exact) mass is 324 g/mol. The van der Waals surface area contributed by atoms with Crippen LogP contribution in [0, 0.1) is 0 Å². The summed E-state index contributed by atoms with van der Waals surface area (Å²) < 4.78 is 5.67. The maximum absolute atomic E-state index is 11.6. The highest BCUT2D eigenvalue weighted by atomic mass is 16.5. The summed E-state index contributed by atoms with van der Waals surface area (Å²) in [5, 5.41) is 2.89. The quantitative estimate of drug-likeness (QED) is 0.888. The number of carbonyl (C=O) groups is 1. The lowest BCUT2D eigenvalue weighted by Gasteiger charge is -2.18. The van der Waals surface area contributed by atoms with Gasteiger partial charge in [0.05, 0.1) is 6.61 Å². The van der Waals surface area contributed by atoms with E-state index in [4.69, 9.17) is 10.5 Å². The van der Waals surface area contributed by atoms with Crippen LogP contribution in [0.25, 0.3) is 11.1 Å². The van der Waals surface area contributed by atoms with Gasteiger partial charge < -0.3 is 15.8 Å². The van der Waals surface area contributed by atoms with Crippen LogP contribution in [0.4, 0.5) is 0 Å². The van der Waals surface area contributed by atoms with Gasteiger partial charge in [0.2, 0.25) is 5.91 Å². The Morgan fingerprint density at radius 2 is 1.96 bits per heavy atom. The van der Waals surface area contributed by atoms with E-state index < -0.39 is 0 Å². The molecule has 1 unspecified atom stereocenters. The Morgan fingerprint density at radius 1 is 1.21 bits per heavy atom. The summed E-state index contributed by atoms with van der Waals surface area (Å²) in [7, 11) is 0. The third-order valence-corrected chi connectivity index (χ3v) is 4.19. The molecule has 1 aliphatic rings. The standard InChI is InChI=1S/C20H24N2O2/c1-14(21)11-20(23)22-13-15-4-6-16(7-5-15)17-8-9-19-18(12-17)3-2-10-24-19/h4-9,12,14H,2-3,10-11,13,21H2,1H3,(H,22,23). The highest BCUT2D eigenvalue weighted by molar-refractivity contribution is 5.76. The second-order valence-electron chi connectivity index (χ2n) is 6.43. The zero-order chi connectivity index (χ0) is 16.9. The van der Waals surface area contributed by atoms with Crippen LogP contribution in [0.5, 0.6) is 5.75 Å². The van der Waals surface area contributed by atoms with Crippen molar-refractivity contribution in [2.45, 2.75) is 38.8 Å². The topological polar surface area (TPSA) is 64.4 Å². The molecule has 0 fully saturated rings. The van der Waals surface area contributed by atoms with Crippen molar-refractivity contribution in [1.29, 1.82) is 0 Å². The first kappa shape index (κ1) is 16.5. The maximum atomic E-state index is 11.6. The summed E-state index contributed by atoms with van der Waals surface area (Å²) in [6.07, 6.45) is 2.51. The van der Waals surface area contributed by atoms with Gasteiger partial charge in [-0.2, -0.15) is 0 Å². The molecule has 4 nitrogen and oxygen atoms in total. The van der Waals surface area contributed by atoms with E-state index in [1.54, 1.807) is 0 Å². The first-order valence-electron chi connectivity index (χ1n) is 8.49. The number of nitrogens with one attached hydrogen (secondary N) is 1. The zero-order valence-electron chi connectivity index (χ0n) is 14.0. The molecule has 0 saturated heterocycles. The van der Waals surface area contributed by atoms with Gasteiger partial charge in [0.25, 0.3) is 0 Å². The first-order valence-corrected chi connectivity index (χ1v) is 8.49. The second kappa shape index (κ2) is 7.49. The Labute approximate surface area is 143 Å². The van der Waals surface area contributed by atoms with E-state index in [-0.39, 0.29) is 11.9 Å². The van der Waals surface area contributed by atoms with Crippen LogP contribution in [0.2, 0.25) is 0 Å². The second-order valence-corrected chi connectivity index (χ2v) is 6.43. The van der Waals surface area contributed by atoms with E-state index in [1.165, 1.54) is 16.7 Å². The number of hydrogen-bond acceptors (Lipinski definition) is 3. The minimum atomic E-state index is -0.111. The van der Waals surface area contributed by atoms with E-state index in [1.807, 2.05) is 6.92 Å². The lowest BCUT2D eigenvalue weighted by molar-refractivity contribution is -0.121. The molecule has 3 N–H and O–H groups in total.